The van der Waals surface area contributed by atoms with E-state index >= 15 is 4.39 Å². The summed E-state index contributed by atoms with van der Waals surface area (Å²) in [7, 11) is 0. The summed E-state index contributed by atoms with van der Waals surface area (Å²) >= 11 is 0. The Morgan fingerprint density at radius 1 is 0.702 bits per heavy atom. The smallest absolute Gasteiger partial charge is 0.429 e. The van der Waals surface area contributed by atoms with Gasteiger partial charge in [0.1, 0.15) is 28.4 Å². The van der Waals surface area contributed by atoms with Gasteiger partial charge in [-0.05, 0) is 124 Å². The van der Waals surface area contributed by atoms with Crippen molar-refractivity contribution >= 4 is 18.3 Å². The number of imidazole rings is 1. The third kappa shape index (κ3) is 8.54. The fourth-order valence-electron chi connectivity index (χ4n) is 6.82. The van der Waals surface area contributed by atoms with E-state index in [0.29, 0.717) is 58.8 Å². The van der Waals surface area contributed by atoms with Crippen molar-refractivity contribution < 1.29 is 37.4 Å². The Kier molecular flexibility index (Phi) is 10.6. The molecule has 2 aliphatic heterocycles. The Balaban J connectivity index is 1.46. The van der Waals surface area contributed by atoms with Crippen molar-refractivity contribution in [1.82, 2.24) is 33.8 Å². The lowest BCUT2D eigenvalue weighted by Gasteiger charge is -2.40. The molecule has 2 aliphatic rings. The molecule has 14 nitrogen and oxygen atoms in total. The summed E-state index contributed by atoms with van der Waals surface area (Å²) in [4.78, 5) is 56.2. The fraction of sp³-hybridized carbons (Fsp3) is 0.488. The van der Waals surface area contributed by atoms with E-state index in [1.54, 1.807) is 104 Å². The number of hydrazine groups is 1. The molecule has 3 amide bonds. The van der Waals surface area contributed by atoms with E-state index in [-0.39, 0.29) is 36.7 Å². The van der Waals surface area contributed by atoms with Gasteiger partial charge in [-0.15, -0.1) is 0 Å². The first-order valence-electron chi connectivity index (χ1n) is 18.9. The predicted molar refractivity (Wildman–Crippen MR) is 206 cm³/mol. The van der Waals surface area contributed by atoms with Crippen LogP contribution in [0.3, 0.4) is 0 Å². The molecule has 306 valence electrons. The number of hydrogen-bond acceptors (Lipinski definition) is 8. The molecule has 0 fully saturated rings. The zero-order chi connectivity index (χ0) is 41.9. The van der Waals surface area contributed by atoms with Gasteiger partial charge >= 0.3 is 24.0 Å². The molecule has 4 aromatic rings. The molecular weight excluding hydrogens is 740 g/mol. The molecule has 16 heteroatoms. The molecule has 0 bridgehead atoms. The summed E-state index contributed by atoms with van der Waals surface area (Å²) in [5.74, 6) is -0.842. The van der Waals surface area contributed by atoms with Crippen LogP contribution >= 0.6 is 0 Å². The number of fused-ring (bicyclic) bond motifs is 2. The number of ether oxygens (including phenoxy) is 3. The molecule has 4 heterocycles. The SMILES string of the molecule is Cc1cc(-n2nc3c(c2-n2ccn(-c4ccc5c(c4F)CN(C(=O)OC(C)(C)C)N(C(=O)OC(C)(C)C)C5)c2=O)CN(C(=O)OC(C)(C)C)CCC3)cc(C)c1F. The second kappa shape index (κ2) is 14.7. The van der Waals surface area contributed by atoms with Gasteiger partial charge in [-0.1, -0.05) is 6.07 Å². The van der Waals surface area contributed by atoms with Crippen molar-refractivity contribution in [3.63, 3.8) is 0 Å². The molecule has 0 radical (unpaired) electrons. The second-order valence-electron chi connectivity index (χ2n) is 17.5. The topological polar surface area (TPSA) is 133 Å². The van der Waals surface area contributed by atoms with E-state index in [2.05, 4.69) is 0 Å². The van der Waals surface area contributed by atoms with E-state index in [9.17, 15) is 23.6 Å². The summed E-state index contributed by atoms with van der Waals surface area (Å²) in [6, 6.07) is 6.29. The van der Waals surface area contributed by atoms with Crippen LogP contribution in [0, 0.1) is 25.5 Å². The van der Waals surface area contributed by atoms with Crippen molar-refractivity contribution in [2.45, 2.75) is 125 Å². The van der Waals surface area contributed by atoms with E-state index in [1.165, 1.54) is 23.0 Å². The highest BCUT2D eigenvalue weighted by Crippen LogP contribution is 2.33. The molecule has 0 aliphatic carbocycles. The van der Waals surface area contributed by atoms with Gasteiger partial charge in [0.15, 0.2) is 5.82 Å². The van der Waals surface area contributed by atoms with Crippen LogP contribution in [0.15, 0.2) is 41.5 Å². The minimum Gasteiger partial charge on any atom is -0.444 e. The van der Waals surface area contributed by atoms with E-state index in [1.807, 2.05) is 0 Å². The number of aromatic nitrogens is 4. The minimum absolute atomic E-state index is 0.0677. The monoisotopic (exact) mass is 791 g/mol. The van der Waals surface area contributed by atoms with Gasteiger partial charge in [0, 0.05) is 30.1 Å². The number of hydrogen-bond donors (Lipinski definition) is 0. The average molecular weight is 792 g/mol. The lowest BCUT2D eigenvalue weighted by atomic mass is 10.0. The summed E-state index contributed by atoms with van der Waals surface area (Å²) in [5.41, 5.74) is -0.334. The number of aryl methyl sites for hydroxylation is 3. The molecule has 0 N–H and O–H groups in total. The first-order chi connectivity index (χ1) is 26.4. The van der Waals surface area contributed by atoms with Crippen LogP contribution in [0.5, 0.6) is 0 Å². The molecule has 0 atom stereocenters. The predicted octanol–water partition coefficient (Wildman–Crippen LogP) is 7.80. The Hall–Kier alpha value is -5.67. The van der Waals surface area contributed by atoms with Crippen LogP contribution in [0.25, 0.3) is 17.2 Å². The third-order valence-corrected chi connectivity index (χ3v) is 9.26. The number of amides is 3. The van der Waals surface area contributed by atoms with Gasteiger partial charge in [0.2, 0.25) is 0 Å². The largest absolute Gasteiger partial charge is 0.444 e. The molecular formula is C41H51F2N7O7. The molecule has 2 aromatic heterocycles. The van der Waals surface area contributed by atoms with Crippen molar-refractivity contribution in [3.05, 3.63) is 92.3 Å². The fourth-order valence-corrected chi connectivity index (χ4v) is 6.82. The van der Waals surface area contributed by atoms with E-state index in [4.69, 9.17) is 19.3 Å². The second-order valence-corrected chi connectivity index (χ2v) is 17.5. The molecule has 0 saturated heterocycles. The standard InChI is InChI=1S/C41H51F2N7O7/c1-24-19-27(20-25(2)32(24)42)50-34(29-22-45(16-12-13-30(29)44-50)36(52)55-39(3,4)5)47-18-17-46(35(47)51)31-15-14-26-21-48(37(53)56-40(6,7)8)49(23-28(26)33(31)43)38(54)57-41(9,10)11/h14-15,17-20H,12-13,16,21-23H2,1-11H3. The van der Waals surface area contributed by atoms with Crippen molar-refractivity contribution in [2.24, 2.45) is 0 Å². The average Bonchev–Trinajstić information content (AvgIpc) is 3.54. The van der Waals surface area contributed by atoms with Gasteiger partial charge in [0.25, 0.3) is 0 Å². The number of nitrogens with zero attached hydrogens (tertiary/aromatic N) is 7. The number of halogens is 2. The Morgan fingerprint density at radius 2 is 1.25 bits per heavy atom. The van der Waals surface area contributed by atoms with Gasteiger partial charge in [-0.25, -0.2) is 42.7 Å². The van der Waals surface area contributed by atoms with Crippen LogP contribution in [0.4, 0.5) is 23.2 Å². The van der Waals surface area contributed by atoms with Gasteiger partial charge in [-0.3, -0.25) is 9.13 Å². The van der Waals surface area contributed by atoms with E-state index < -0.39 is 46.6 Å². The van der Waals surface area contributed by atoms with Crippen molar-refractivity contribution in [1.29, 1.82) is 0 Å². The van der Waals surface area contributed by atoms with Crippen LogP contribution in [-0.2, 0) is 40.3 Å². The lowest BCUT2D eigenvalue weighted by Crippen LogP contribution is -2.54. The molecule has 2 aromatic carbocycles. The van der Waals surface area contributed by atoms with E-state index in [0.717, 1.165) is 14.6 Å². The van der Waals surface area contributed by atoms with Gasteiger partial charge in [-0.2, -0.15) is 5.10 Å². The van der Waals surface area contributed by atoms with Crippen LogP contribution < -0.4 is 5.69 Å². The third-order valence-electron chi connectivity index (χ3n) is 9.26. The molecule has 0 unspecified atom stereocenters. The summed E-state index contributed by atoms with van der Waals surface area (Å²) < 4.78 is 52.6. The Labute approximate surface area is 330 Å². The summed E-state index contributed by atoms with van der Waals surface area (Å²) in [5, 5.41) is 6.99. The summed E-state index contributed by atoms with van der Waals surface area (Å²) in [6.07, 6.45) is 1.75. The highest BCUT2D eigenvalue weighted by atomic mass is 19.1. The van der Waals surface area contributed by atoms with Crippen molar-refractivity contribution in [3.8, 4) is 17.2 Å². The zero-order valence-electron chi connectivity index (χ0n) is 34.5. The molecule has 6 rings (SSSR count). The zero-order valence-corrected chi connectivity index (χ0v) is 34.5. The highest BCUT2D eigenvalue weighted by molar-refractivity contribution is 5.75. The first-order valence-corrected chi connectivity index (χ1v) is 18.9. The lowest BCUT2D eigenvalue weighted by molar-refractivity contribution is -0.0756. The Bertz CT molecular complexity index is 2280. The van der Waals surface area contributed by atoms with Gasteiger partial charge < -0.3 is 19.1 Å². The van der Waals surface area contributed by atoms with Crippen LogP contribution in [0.1, 0.15) is 102 Å². The number of benzene rings is 2. The molecule has 0 spiro atoms. The minimum atomic E-state index is -0.923. The molecule has 57 heavy (non-hydrogen) atoms. The molecule has 0 saturated carbocycles. The number of carbonyl (C=O) groups excluding carboxylic acids is 3. The quantitative estimate of drug-likeness (QED) is 0.192. The summed E-state index contributed by atoms with van der Waals surface area (Å²) in [6.45, 7) is 18.6. The maximum atomic E-state index is 16.8. The number of carbonyl (C=O) groups is 3. The first kappa shape index (κ1) is 41.0. The van der Waals surface area contributed by atoms with Crippen LogP contribution in [-0.4, -0.2) is 75.5 Å². The Morgan fingerprint density at radius 3 is 1.82 bits per heavy atom. The van der Waals surface area contributed by atoms with Gasteiger partial charge in [0.05, 0.1) is 36.7 Å². The number of rotatable bonds is 3. The van der Waals surface area contributed by atoms with Crippen molar-refractivity contribution in [2.75, 3.05) is 6.54 Å². The van der Waals surface area contributed by atoms with Crippen LogP contribution in [0.2, 0.25) is 0 Å². The maximum Gasteiger partial charge on any atom is 0.429 e. The maximum absolute atomic E-state index is 16.8. The highest BCUT2D eigenvalue weighted by Gasteiger charge is 2.39. The normalized spacial score (nSPS) is 14.9.